The number of rotatable bonds is 0. The van der Waals surface area contributed by atoms with Crippen LogP contribution >= 0.6 is 0 Å². The van der Waals surface area contributed by atoms with Gasteiger partial charge in [-0.25, -0.2) is 0 Å². The van der Waals surface area contributed by atoms with E-state index in [9.17, 15) is 9.59 Å². The first-order valence-electron chi connectivity index (χ1n) is 9.40. The van der Waals surface area contributed by atoms with Crippen LogP contribution in [0, 0.1) is 34.5 Å². The van der Waals surface area contributed by atoms with Crippen LogP contribution in [0.2, 0.25) is 0 Å². The number of Topliss-reactive ketones (excluding diaryl/α,β-unsaturated/α-hetero) is 1. The number of carbonyl (C=O) groups is 2. The summed E-state index contributed by atoms with van der Waals surface area (Å²) in [5.41, 5.74) is 1.44. The Morgan fingerprint density at radius 2 is 2.00 bits per heavy atom. The van der Waals surface area contributed by atoms with Gasteiger partial charge in [-0.05, 0) is 62.4 Å². The Morgan fingerprint density at radius 1 is 1.13 bits per heavy atom. The fourth-order valence-electron chi connectivity index (χ4n) is 7.07. The summed E-state index contributed by atoms with van der Waals surface area (Å²) in [4.78, 5) is 24.8. The lowest BCUT2D eigenvalue weighted by Crippen LogP contribution is -2.56. The maximum atomic E-state index is 12.5. The summed E-state index contributed by atoms with van der Waals surface area (Å²) >= 11 is 0. The van der Waals surface area contributed by atoms with Crippen LogP contribution in [0.1, 0.15) is 51.9 Å². The van der Waals surface area contributed by atoms with E-state index in [1.807, 2.05) is 6.08 Å². The van der Waals surface area contributed by atoms with Gasteiger partial charge in [-0.1, -0.05) is 12.5 Å². The van der Waals surface area contributed by atoms with Crippen LogP contribution in [0.3, 0.4) is 0 Å². The van der Waals surface area contributed by atoms with Crippen molar-refractivity contribution in [2.24, 2.45) is 34.5 Å². The zero-order valence-corrected chi connectivity index (χ0v) is 14.0. The predicted molar refractivity (Wildman–Crippen MR) is 85.7 cm³/mol. The highest BCUT2D eigenvalue weighted by Gasteiger charge is 2.61. The normalized spacial score (nSPS) is 51.6. The smallest absolute Gasteiger partial charge is 0.161 e. The Hall–Kier alpha value is -0.960. The highest BCUT2D eigenvalue weighted by molar-refractivity contribution is 5.94. The highest BCUT2D eigenvalue weighted by atomic mass is 16.5. The molecule has 1 spiro atoms. The van der Waals surface area contributed by atoms with Crippen LogP contribution in [0.4, 0.5) is 0 Å². The molecule has 3 saturated carbocycles. The van der Waals surface area contributed by atoms with Gasteiger partial charge < -0.3 is 4.74 Å². The molecule has 6 atom stereocenters. The molecule has 1 heterocycles. The van der Waals surface area contributed by atoms with Crippen molar-refractivity contribution in [2.45, 2.75) is 51.9 Å². The highest BCUT2D eigenvalue weighted by Crippen LogP contribution is 2.65. The molecule has 0 radical (unpaired) electrons. The summed E-state index contributed by atoms with van der Waals surface area (Å²) in [5.74, 6) is 2.75. The van der Waals surface area contributed by atoms with Gasteiger partial charge in [0, 0.05) is 23.2 Å². The lowest BCUT2D eigenvalue weighted by molar-refractivity contribution is -0.147. The lowest BCUT2D eigenvalue weighted by atomic mass is 9.46. The van der Waals surface area contributed by atoms with E-state index < -0.39 is 0 Å². The van der Waals surface area contributed by atoms with E-state index in [1.54, 1.807) is 0 Å². The van der Waals surface area contributed by atoms with Crippen molar-refractivity contribution in [3.05, 3.63) is 11.6 Å². The van der Waals surface area contributed by atoms with Gasteiger partial charge in [0.1, 0.15) is 5.78 Å². The molecule has 2 bridgehead atoms. The molecule has 5 rings (SSSR count). The number of hydrogen-bond donors (Lipinski definition) is 0. The maximum Gasteiger partial charge on any atom is 0.161 e. The molecule has 0 aromatic carbocycles. The number of hydrogen-bond acceptors (Lipinski definition) is 3. The third-order valence-electron chi connectivity index (χ3n) is 8.25. The van der Waals surface area contributed by atoms with Gasteiger partial charge in [-0.3, -0.25) is 9.59 Å². The number of fused-ring (bicyclic) bond motifs is 4. The zero-order valence-electron chi connectivity index (χ0n) is 14.0. The molecule has 0 amide bonds. The van der Waals surface area contributed by atoms with E-state index in [1.165, 1.54) is 12.0 Å². The summed E-state index contributed by atoms with van der Waals surface area (Å²) in [5, 5.41) is 0. The predicted octanol–water partition coefficient (Wildman–Crippen LogP) is 3.32. The number of carbonyl (C=O) groups excluding carboxylic acids is 2. The molecule has 4 fully saturated rings. The second kappa shape index (κ2) is 4.56. The first-order chi connectivity index (χ1) is 11.0. The molecule has 5 aliphatic rings. The van der Waals surface area contributed by atoms with Crippen molar-refractivity contribution in [3.8, 4) is 0 Å². The summed E-state index contributed by atoms with van der Waals surface area (Å²) in [7, 11) is 0. The molecule has 3 heteroatoms. The van der Waals surface area contributed by atoms with Crippen LogP contribution in [0.25, 0.3) is 0 Å². The third-order valence-corrected chi connectivity index (χ3v) is 8.25. The van der Waals surface area contributed by atoms with Crippen molar-refractivity contribution >= 4 is 11.6 Å². The Labute approximate surface area is 137 Å². The number of ketones is 2. The van der Waals surface area contributed by atoms with Gasteiger partial charge >= 0.3 is 0 Å². The Bertz CT molecular complexity index is 620. The molecule has 4 aliphatic carbocycles. The molecule has 1 saturated heterocycles. The molecule has 1 aliphatic heterocycles. The van der Waals surface area contributed by atoms with Crippen molar-refractivity contribution in [1.29, 1.82) is 0 Å². The van der Waals surface area contributed by atoms with Crippen LogP contribution in [-0.2, 0) is 14.3 Å². The van der Waals surface area contributed by atoms with Gasteiger partial charge in [0.25, 0.3) is 0 Å². The van der Waals surface area contributed by atoms with Gasteiger partial charge in [-0.2, -0.15) is 0 Å². The molecular formula is C20H26O3. The quantitative estimate of drug-likeness (QED) is 0.689. The van der Waals surface area contributed by atoms with E-state index in [-0.39, 0.29) is 16.7 Å². The third kappa shape index (κ3) is 1.70. The average Bonchev–Trinajstić information content (AvgIpc) is 2.85. The second-order valence-corrected chi connectivity index (χ2v) is 8.98. The molecule has 124 valence electrons. The van der Waals surface area contributed by atoms with Crippen LogP contribution in [-0.4, -0.2) is 24.8 Å². The van der Waals surface area contributed by atoms with Crippen LogP contribution in [0.15, 0.2) is 11.6 Å². The molecule has 0 aromatic rings. The summed E-state index contributed by atoms with van der Waals surface area (Å²) in [6, 6.07) is 0. The molecule has 3 unspecified atom stereocenters. The van der Waals surface area contributed by atoms with Crippen LogP contribution in [0.5, 0.6) is 0 Å². The molecular weight excluding hydrogens is 288 g/mol. The van der Waals surface area contributed by atoms with Gasteiger partial charge in [-0.15, -0.1) is 0 Å². The first kappa shape index (κ1) is 14.4. The minimum absolute atomic E-state index is 0.0571. The molecule has 0 aromatic heterocycles. The van der Waals surface area contributed by atoms with Crippen molar-refractivity contribution in [1.82, 2.24) is 0 Å². The minimum Gasteiger partial charge on any atom is -0.380 e. The Morgan fingerprint density at radius 3 is 2.87 bits per heavy atom. The Balaban J connectivity index is 1.56. The first-order valence-corrected chi connectivity index (χ1v) is 9.40. The van der Waals surface area contributed by atoms with Gasteiger partial charge in [0.05, 0.1) is 13.2 Å². The monoisotopic (exact) mass is 314 g/mol. The van der Waals surface area contributed by atoms with Gasteiger partial charge in [0.15, 0.2) is 5.78 Å². The summed E-state index contributed by atoms with van der Waals surface area (Å²) in [6.45, 7) is 3.65. The van der Waals surface area contributed by atoms with Crippen LogP contribution < -0.4 is 0 Å². The standard InChI is InChI=1S/C20H26O3/c1-19-7-6-16-14(15(19)4-5-18(19)22)3-2-13-8-17(21)12-9-20(13,16)11-23-10-12/h8,12,14-16H,2-7,9-11H2,1H3/t12-,14?,15?,16?,19+,20-/m1/s1. The largest absolute Gasteiger partial charge is 0.380 e. The second-order valence-electron chi connectivity index (χ2n) is 8.98. The van der Waals surface area contributed by atoms with E-state index in [0.717, 1.165) is 45.1 Å². The molecule has 23 heavy (non-hydrogen) atoms. The van der Waals surface area contributed by atoms with E-state index in [0.29, 0.717) is 35.9 Å². The summed E-state index contributed by atoms with van der Waals surface area (Å²) < 4.78 is 5.95. The lowest BCUT2D eigenvalue weighted by Gasteiger charge is -2.59. The SMILES string of the molecule is C[C@]12CCC3C(CCC4=CC(=O)[C@H]5COC[C@]43C5)C1CCC2=O. The molecule has 0 N–H and O–H groups in total. The van der Waals surface area contributed by atoms with E-state index in [2.05, 4.69) is 6.92 Å². The maximum absolute atomic E-state index is 12.5. The topological polar surface area (TPSA) is 43.4 Å². The fraction of sp³-hybridized carbons (Fsp3) is 0.800. The average molecular weight is 314 g/mol. The van der Waals surface area contributed by atoms with Crippen molar-refractivity contribution in [3.63, 3.8) is 0 Å². The fourth-order valence-corrected chi connectivity index (χ4v) is 7.07. The van der Waals surface area contributed by atoms with E-state index >= 15 is 0 Å². The van der Waals surface area contributed by atoms with Gasteiger partial charge in [0.2, 0.25) is 0 Å². The van der Waals surface area contributed by atoms with Crippen molar-refractivity contribution < 1.29 is 14.3 Å². The number of ether oxygens (including phenoxy) is 1. The zero-order chi connectivity index (χ0) is 15.8. The minimum atomic E-state index is -0.0571. The molecule has 3 nitrogen and oxygen atoms in total. The summed E-state index contributed by atoms with van der Waals surface area (Å²) in [6.07, 6.45) is 9.28. The van der Waals surface area contributed by atoms with E-state index in [4.69, 9.17) is 4.74 Å². The Kier molecular flexibility index (Phi) is 2.85. The van der Waals surface area contributed by atoms with Crippen molar-refractivity contribution in [2.75, 3.05) is 13.2 Å².